The summed E-state index contributed by atoms with van der Waals surface area (Å²) in [6.07, 6.45) is 0.757. The summed E-state index contributed by atoms with van der Waals surface area (Å²) in [4.78, 5) is 39.4. The molecule has 1 amide bonds. The lowest BCUT2D eigenvalue weighted by atomic mass is 10.1. The van der Waals surface area contributed by atoms with Gasteiger partial charge in [0.1, 0.15) is 5.82 Å². The fourth-order valence-electron chi connectivity index (χ4n) is 3.83. The SMILES string of the molecule is CC[C@@H](C)NC(=O)c1ccc2c(=O)n(C(C)C)c3nn(Cc4c(F)cccc4Cl)c(=O)n3c2c1. The highest BCUT2D eigenvalue weighted by Gasteiger charge is 2.21. The van der Waals surface area contributed by atoms with E-state index >= 15 is 0 Å². The minimum Gasteiger partial charge on any atom is -0.350 e. The first-order valence-corrected chi connectivity index (χ1v) is 11.4. The highest BCUT2D eigenvalue weighted by Crippen LogP contribution is 2.21. The van der Waals surface area contributed by atoms with E-state index in [2.05, 4.69) is 10.4 Å². The van der Waals surface area contributed by atoms with Crippen LogP contribution in [0.25, 0.3) is 16.7 Å². The van der Waals surface area contributed by atoms with Gasteiger partial charge in [0.2, 0.25) is 5.78 Å². The van der Waals surface area contributed by atoms with Crippen molar-refractivity contribution in [1.29, 1.82) is 0 Å². The number of hydrogen-bond acceptors (Lipinski definition) is 4. The highest BCUT2D eigenvalue weighted by molar-refractivity contribution is 6.31. The minimum absolute atomic E-state index is 0.0341. The zero-order valence-electron chi connectivity index (χ0n) is 19.3. The number of amides is 1. The smallest absolute Gasteiger partial charge is 0.350 e. The number of nitrogens with zero attached hydrogens (tertiary/aromatic N) is 4. The first kappa shape index (κ1) is 23.7. The molecule has 0 bridgehead atoms. The van der Waals surface area contributed by atoms with Crippen molar-refractivity contribution in [3.8, 4) is 0 Å². The molecule has 0 saturated heterocycles. The summed E-state index contributed by atoms with van der Waals surface area (Å²) in [7, 11) is 0. The molecule has 2 heterocycles. The van der Waals surface area contributed by atoms with E-state index in [-0.39, 0.29) is 57.4 Å². The van der Waals surface area contributed by atoms with Gasteiger partial charge in [0.25, 0.3) is 11.5 Å². The Hall–Kier alpha value is -3.46. The first-order chi connectivity index (χ1) is 16.1. The summed E-state index contributed by atoms with van der Waals surface area (Å²) in [5.74, 6) is -0.771. The second kappa shape index (κ2) is 9.06. The summed E-state index contributed by atoms with van der Waals surface area (Å²) in [5, 5.41) is 7.68. The van der Waals surface area contributed by atoms with Crippen molar-refractivity contribution < 1.29 is 9.18 Å². The monoisotopic (exact) mass is 485 g/mol. The van der Waals surface area contributed by atoms with Crippen LogP contribution in [0.2, 0.25) is 5.02 Å². The van der Waals surface area contributed by atoms with Crippen molar-refractivity contribution in [2.45, 2.75) is 52.7 Å². The van der Waals surface area contributed by atoms with Crippen molar-refractivity contribution >= 4 is 34.2 Å². The number of fused-ring (bicyclic) bond motifs is 3. The standard InChI is InChI=1S/C24H25ClFN5O3/c1-5-14(4)27-21(32)15-9-10-16-20(11-15)31-23(30(13(2)3)22(16)33)28-29(24(31)34)12-17-18(25)7-6-8-19(17)26/h6-11,13-14H,5,12H2,1-4H3,(H,27,32)/t14-/m1/s1. The van der Waals surface area contributed by atoms with E-state index in [9.17, 15) is 18.8 Å². The average Bonchev–Trinajstić information content (AvgIpc) is 3.11. The summed E-state index contributed by atoms with van der Waals surface area (Å²) in [5.41, 5.74) is -0.233. The number of hydrogen-bond donors (Lipinski definition) is 1. The third kappa shape index (κ3) is 4.00. The Morgan fingerprint density at radius 1 is 1.18 bits per heavy atom. The van der Waals surface area contributed by atoms with Gasteiger partial charge >= 0.3 is 5.69 Å². The molecule has 0 aliphatic heterocycles. The Morgan fingerprint density at radius 2 is 1.91 bits per heavy atom. The summed E-state index contributed by atoms with van der Waals surface area (Å²) >= 11 is 6.15. The van der Waals surface area contributed by atoms with Crippen LogP contribution in [0.4, 0.5) is 4.39 Å². The number of aromatic nitrogens is 4. The van der Waals surface area contributed by atoms with E-state index in [0.717, 1.165) is 11.1 Å². The topological polar surface area (TPSA) is 90.4 Å². The number of carbonyl (C=O) groups excluding carboxylic acids is 1. The molecular formula is C24H25ClFN5O3. The van der Waals surface area contributed by atoms with Gasteiger partial charge in [-0.25, -0.2) is 18.3 Å². The third-order valence-electron chi connectivity index (χ3n) is 5.86. The van der Waals surface area contributed by atoms with Gasteiger partial charge < -0.3 is 5.32 Å². The van der Waals surface area contributed by atoms with Gasteiger partial charge in [-0.3, -0.25) is 14.2 Å². The molecule has 2 aromatic carbocycles. The van der Waals surface area contributed by atoms with E-state index < -0.39 is 11.5 Å². The minimum atomic E-state index is -0.576. The maximum Gasteiger partial charge on any atom is 0.352 e. The molecule has 0 spiro atoms. The van der Waals surface area contributed by atoms with E-state index in [1.165, 1.54) is 33.2 Å². The predicted octanol–water partition coefficient (Wildman–Crippen LogP) is 3.76. The van der Waals surface area contributed by atoms with Gasteiger partial charge in [-0.15, -0.1) is 5.10 Å². The van der Waals surface area contributed by atoms with Gasteiger partial charge in [-0.1, -0.05) is 24.6 Å². The quantitative estimate of drug-likeness (QED) is 0.450. The zero-order chi connectivity index (χ0) is 24.7. The third-order valence-corrected chi connectivity index (χ3v) is 6.22. The Bertz CT molecular complexity index is 1520. The summed E-state index contributed by atoms with van der Waals surface area (Å²) in [6.45, 7) is 7.24. The fraction of sp³-hybridized carbons (Fsp3) is 0.333. The molecule has 1 N–H and O–H groups in total. The molecule has 4 rings (SSSR count). The molecule has 4 aromatic rings. The molecule has 10 heteroatoms. The normalized spacial score (nSPS) is 12.6. The summed E-state index contributed by atoms with van der Waals surface area (Å²) in [6, 6.07) is 8.53. The van der Waals surface area contributed by atoms with E-state index in [1.807, 2.05) is 13.8 Å². The van der Waals surface area contributed by atoms with Crippen molar-refractivity contribution in [2.75, 3.05) is 0 Å². The van der Waals surface area contributed by atoms with Gasteiger partial charge in [0, 0.05) is 28.2 Å². The second-order valence-corrected chi connectivity index (χ2v) is 8.97. The first-order valence-electron chi connectivity index (χ1n) is 11.1. The molecule has 0 fully saturated rings. The number of benzene rings is 2. The van der Waals surface area contributed by atoms with Crippen molar-refractivity contribution in [2.24, 2.45) is 0 Å². The number of nitrogens with one attached hydrogen (secondary N) is 1. The molecule has 0 unspecified atom stereocenters. The van der Waals surface area contributed by atoms with E-state index in [0.29, 0.717) is 5.56 Å². The molecule has 2 aromatic heterocycles. The molecule has 1 atom stereocenters. The van der Waals surface area contributed by atoms with Crippen molar-refractivity contribution in [1.82, 2.24) is 24.1 Å². The number of halogens is 2. The van der Waals surface area contributed by atoms with Gasteiger partial charge in [-0.05, 0) is 57.5 Å². The maximum atomic E-state index is 14.4. The molecule has 0 aliphatic carbocycles. The molecule has 0 saturated carbocycles. The van der Waals surface area contributed by atoms with Gasteiger partial charge in [0.15, 0.2) is 0 Å². The van der Waals surface area contributed by atoms with Crippen LogP contribution in [0.15, 0.2) is 46.0 Å². The van der Waals surface area contributed by atoms with Crippen LogP contribution >= 0.6 is 11.6 Å². The van der Waals surface area contributed by atoms with Crippen LogP contribution in [-0.2, 0) is 6.54 Å². The van der Waals surface area contributed by atoms with Crippen molar-refractivity contribution in [3.05, 3.63) is 79.2 Å². The summed E-state index contributed by atoms with van der Waals surface area (Å²) < 4.78 is 18.1. The molecule has 8 nitrogen and oxygen atoms in total. The van der Waals surface area contributed by atoms with Gasteiger partial charge in [0.05, 0.1) is 17.4 Å². The molecule has 0 aliphatic rings. The number of carbonyl (C=O) groups is 1. The molecule has 34 heavy (non-hydrogen) atoms. The van der Waals surface area contributed by atoms with Crippen LogP contribution in [0.5, 0.6) is 0 Å². The fourth-order valence-corrected chi connectivity index (χ4v) is 4.06. The lowest BCUT2D eigenvalue weighted by Gasteiger charge is -2.14. The van der Waals surface area contributed by atoms with Gasteiger partial charge in [-0.2, -0.15) is 0 Å². The largest absolute Gasteiger partial charge is 0.352 e. The van der Waals surface area contributed by atoms with Crippen LogP contribution in [0, 0.1) is 5.82 Å². The highest BCUT2D eigenvalue weighted by atomic mass is 35.5. The predicted molar refractivity (Wildman–Crippen MR) is 129 cm³/mol. The maximum absolute atomic E-state index is 14.4. The molecular weight excluding hydrogens is 461 g/mol. The van der Waals surface area contributed by atoms with Crippen molar-refractivity contribution in [3.63, 3.8) is 0 Å². The lowest BCUT2D eigenvalue weighted by Crippen LogP contribution is -2.32. The van der Waals surface area contributed by atoms with E-state index in [4.69, 9.17) is 11.6 Å². The van der Waals surface area contributed by atoms with Crippen LogP contribution in [0.1, 0.15) is 56.1 Å². The molecule has 0 radical (unpaired) electrons. The average molecular weight is 486 g/mol. The molecule has 178 valence electrons. The number of rotatable bonds is 6. The Morgan fingerprint density at radius 3 is 2.56 bits per heavy atom. The van der Waals surface area contributed by atoms with Crippen LogP contribution < -0.4 is 16.6 Å². The zero-order valence-corrected chi connectivity index (χ0v) is 20.1. The van der Waals surface area contributed by atoms with Crippen LogP contribution in [0.3, 0.4) is 0 Å². The second-order valence-electron chi connectivity index (χ2n) is 8.56. The van der Waals surface area contributed by atoms with E-state index in [1.54, 1.807) is 26.0 Å². The Kier molecular flexibility index (Phi) is 6.31. The Balaban J connectivity index is 1.99. The Labute approximate surface area is 199 Å². The van der Waals surface area contributed by atoms with Crippen LogP contribution in [-0.4, -0.2) is 30.7 Å². The lowest BCUT2D eigenvalue weighted by molar-refractivity contribution is 0.0939.